The van der Waals surface area contributed by atoms with Gasteiger partial charge in [0.2, 0.25) is 0 Å². The molecular formula is C18H27NO3. The van der Waals surface area contributed by atoms with E-state index in [1.807, 2.05) is 0 Å². The predicted octanol–water partition coefficient (Wildman–Crippen LogP) is 4.23. The van der Waals surface area contributed by atoms with Gasteiger partial charge in [0.25, 0.3) is 0 Å². The van der Waals surface area contributed by atoms with Gasteiger partial charge in [-0.15, -0.1) is 0 Å². The minimum Gasteiger partial charge on any atom is -0.505 e. The molecule has 0 saturated heterocycles. The predicted molar refractivity (Wildman–Crippen MR) is 91.6 cm³/mol. The van der Waals surface area contributed by atoms with E-state index in [9.17, 15) is 10.2 Å². The molecule has 0 saturated carbocycles. The van der Waals surface area contributed by atoms with Gasteiger partial charge in [-0.1, -0.05) is 23.3 Å². The van der Waals surface area contributed by atoms with Gasteiger partial charge in [0.15, 0.2) is 11.5 Å². The normalized spacial score (nSPS) is 11.4. The summed E-state index contributed by atoms with van der Waals surface area (Å²) in [5.74, 6) is 0.109. The number of hydrogen-bond donors (Lipinski definition) is 3. The molecule has 0 bridgehead atoms. The maximum Gasteiger partial charge on any atom is 0.187 e. The molecule has 0 unspecified atom stereocenters. The number of allylic oxidation sites excluding steroid dienone is 4. The summed E-state index contributed by atoms with van der Waals surface area (Å²) >= 11 is 0. The summed E-state index contributed by atoms with van der Waals surface area (Å²) in [6.07, 6.45) is 6.78. The van der Waals surface area contributed by atoms with Gasteiger partial charge >= 0.3 is 0 Å². The molecule has 0 aromatic heterocycles. The Bertz CT molecular complexity index is 597. The van der Waals surface area contributed by atoms with Gasteiger partial charge in [-0.25, -0.2) is 0 Å². The molecule has 22 heavy (non-hydrogen) atoms. The Labute approximate surface area is 132 Å². The van der Waals surface area contributed by atoms with E-state index in [0.29, 0.717) is 17.5 Å². The quantitative estimate of drug-likeness (QED) is 0.318. The van der Waals surface area contributed by atoms with Crippen molar-refractivity contribution < 1.29 is 14.9 Å². The Morgan fingerprint density at radius 1 is 1.14 bits per heavy atom. The Morgan fingerprint density at radius 2 is 1.77 bits per heavy atom. The van der Waals surface area contributed by atoms with Gasteiger partial charge in [-0.2, -0.15) is 0 Å². The van der Waals surface area contributed by atoms with Crippen molar-refractivity contribution in [3.8, 4) is 17.2 Å². The SMILES string of the molecule is COc1c(N)c(O)c(C)c(C/C=C(\C)CCC=C(C)C)c1O. The van der Waals surface area contributed by atoms with Gasteiger partial charge < -0.3 is 20.7 Å². The number of phenolic OH excluding ortho intramolecular Hbond substituents is 2. The van der Waals surface area contributed by atoms with Crippen molar-refractivity contribution in [3.63, 3.8) is 0 Å². The molecule has 0 fully saturated rings. The summed E-state index contributed by atoms with van der Waals surface area (Å²) in [7, 11) is 1.42. The fourth-order valence-electron chi connectivity index (χ4n) is 2.32. The molecule has 0 amide bonds. The largest absolute Gasteiger partial charge is 0.505 e. The van der Waals surface area contributed by atoms with Crippen LogP contribution in [0.5, 0.6) is 17.2 Å². The number of phenols is 2. The molecule has 1 aromatic rings. The third-order valence-corrected chi connectivity index (χ3v) is 3.76. The number of anilines is 1. The van der Waals surface area contributed by atoms with Crippen LogP contribution in [0.2, 0.25) is 0 Å². The van der Waals surface area contributed by atoms with Crippen LogP contribution < -0.4 is 10.5 Å². The summed E-state index contributed by atoms with van der Waals surface area (Å²) in [6, 6.07) is 0. The molecule has 0 aliphatic heterocycles. The number of nitrogen functional groups attached to an aromatic ring is 1. The number of aromatic hydroxyl groups is 2. The lowest BCUT2D eigenvalue weighted by Gasteiger charge is -2.15. The second-order valence-electron chi connectivity index (χ2n) is 5.82. The number of rotatable bonds is 6. The van der Waals surface area contributed by atoms with E-state index in [1.54, 1.807) is 6.92 Å². The third-order valence-electron chi connectivity index (χ3n) is 3.76. The van der Waals surface area contributed by atoms with Crippen molar-refractivity contribution in [2.45, 2.75) is 47.0 Å². The van der Waals surface area contributed by atoms with Crippen molar-refractivity contribution in [1.82, 2.24) is 0 Å². The van der Waals surface area contributed by atoms with Crippen molar-refractivity contribution in [1.29, 1.82) is 0 Å². The molecule has 0 aliphatic carbocycles. The first kappa shape index (κ1) is 18.0. The number of methoxy groups -OCH3 is 1. The topological polar surface area (TPSA) is 75.7 Å². The van der Waals surface area contributed by atoms with Crippen molar-refractivity contribution >= 4 is 5.69 Å². The first-order valence-corrected chi connectivity index (χ1v) is 7.45. The standard InChI is InChI=1S/C18H27NO3/c1-11(2)7-6-8-12(3)9-10-14-13(4)16(20)15(19)18(22-5)17(14)21/h7,9,20-21H,6,8,10,19H2,1-5H3/b12-9+. The third kappa shape index (κ3) is 4.20. The summed E-state index contributed by atoms with van der Waals surface area (Å²) in [4.78, 5) is 0. The maximum absolute atomic E-state index is 10.3. The second kappa shape index (κ2) is 7.78. The molecule has 122 valence electrons. The van der Waals surface area contributed by atoms with E-state index in [0.717, 1.165) is 12.8 Å². The highest BCUT2D eigenvalue weighted by Gasteiger charge is 2.19. The zero-order valence-corrected chi connectivity index (χ0v) is 14.2. The van der Waals surface area contributed by atoms with Crippen LogP contribution in [0.25, 0.3) is 0 Å². The van der Waals surface area contributed by atoms with Gasteiger partial charge in [-0.3, -0.25) is 0 Å². The molecule has 0 heterocycles. The van der Waals surface area contributed by atoms with Crippen molar-refractivity contribution in [3.05, 3.63) is 34.4 Å². The minimum absolute atomic E-state index is 0.00338. The number of ether oxygens (including phenoxy) is 1. The van der Waals surface area contributed by atoms with Crippen LogP contribution in [-0.4, -0.2) is 17.3 Å². The summed E-state index contributed by atoms with van der Waals surface area (Å²) < 4.78 is 5.09. The molecule has 4 nitrogen and oxygen atoms in total. The number of nitrogens with two attached hydrogens (primary N) is 1. The Kier molecular flexibility index (Phi) is 6.35. The summed E-state index contributed by atoms with van der Waals surface area (Å²) in [5.41, 5.74) is 9.62. The van der Waals surface area contributed by atoms with Crippen LogP contribution in [-0.2, 0) is 6.42 Å². The molecule has 0 spiro atoms. The fraction of sp³-hybridized carbons (Fsp3) is 0.444. The van der Waals surface area contributed by atoms with Crippen molar-refractivity contribution in [2.75, 3.05) is 12.8 Å². The number of hydrogen-bond acceptors (Lipinski definition) is 4. The fourth-order valence-corrected chi connectivity index (χ4v) is 2.32. The van der Waals surface area contributed by atoms with Crippen molar-refractivity contribution in [2.24, 2.45) is 0 Å². The van der Waals surface area contributed by atoms with E-state index >= 15 is 0 Å². The van der Waals surface area contributed by atoms with Crippen LogP contribution in [0.4, 0.5) is 5.69 Å². The average Bonchev–Trinajstić information content (AvgIpc) is 2.45. The van der Waals surface area contributed by atoms with Gasteiger partial charge in [0.05, 0.1) is 7.11 Å². The lowest BCUT2D eigenvalue weighted by molar-refractivity contribution is 0.368. The molecule has 0 radical (unpaired) electrons. The van der Waals surface area contributed by atoms with Crippen LogP contribution >= 0.6 is 0 Å². The molecule has 0 atom stereocenters. The highest BCUT2D eigenvalue weighted by Crippen LogP contribution is 2.45. The highest BCUT2D eigenvalue weighted by molar-refractivity contribution is 5.73. The Morgan fingerprint density at radius 3 is 2.32 bits per heavy atom. The van der Waals surface area contributed by atoms with Crippen LogP contribution in [0.15, 0.2) is 23.3 Å². The smallest absolute Gasteiger partial charge is 0.187 e. The maximum atomic E-state index is 10.3. The molecule has 1 rings (SSSR count). The van der Waals surface area contributed by atoms with E-state index in [2.05, 4.69) is 32.9 Å². The summed E-state index contributed by atoms with van der Waals surface area (Å²) in [5, 5.41) is 20.3. The lowest BCUT2D eigenvalue weighted by atomic mass is 9.99. The van der Waals surface area contributed by atoms with Gasteiger partial charge in [0, 0.05) is 11.1 Å². The second-order valence-corrected chi connectivity index (χ2v) is 5.82. The van der Waals surface area contributed by atoms with E-state index in [4.69, 9.17) is 10.5 Å². The van der Waals surface area contributed by atoms with Crippen LogP contribution in [0.3, 0.4) is 0 Å². The van der Waals surface area contributed by atoms with E-state index in [-0.39, 0.29) is 22.9 Å². The zero-order valence-electron chi connectivity index (χ0n) is 14.2. The Hall–Kier alpha value is -2.10. The number of benzene rings is 1. The first-order chi connectivity index (χ1) is 10.3. The van der Waals surface area contributed by atoms with Crippen LogP contribution in [0, 0.1) is 6.92 Å². The zero-order chi connectivity index (χ0) is 16.9. The van der Waals surface area contributed by atoms with Gasteiger partial charge in [0.1, 0.15) is 11.4 Å². The Balaban J connectivity index is 2.99. The average molecular weight is 305 g/mol. The van der Waals surface area contributed by atoms with Crippen LogP contribution in [0.1, 0.15) is 44.7 Å². The van der Waals surface area contributed by atoms with E-state index in [1.165, 1.54) is 18.3 Å². The monoisotopic (exact) mass is 305 g/mol. The lowest BCUT2D eigenvalue weighted by Crippen LogP contribution is -1.99. The molecule has 0 aliphatic rings. The van der Waals surface area contributed by atoms with Gasteiger partial charge in [-0.05, 0) is 47.0 Å². The molecular weight excluding hydrogens is 278 g/mol. The highest BCUT2D eigenvalue weighted by atomic mass is 16.5. The summed E-state index contributed by atoms with van der Waals surface area (Å²) in [6.45, 7) is 7.99. The minimum atomic E-state index is -0.0276. The first-order valence-electron chi connectivity index (χ1n) is 7.45. The van der Waals surface area contributed by atoms with E-state index < -0.39 is 0 Å². The molecule has 4 heteroatoms. The molecule has 4 N–H and O–H groups in total. The molecule has 1 aromatic carbocycles.